The van der Waals surface area contributed by atoms with Crippen molar-refractivity contribution in [2.24, 2.45) is 17.3 Å². The fraction of sp³-hybridized carbons (Fsp3) is 0.633. The minimum Gasteiger partial charge on any atom is -0.392 e. The lowest BCUT2D eigenvalue weighted by Gasteiger charge is -2.36. The number of hydrogen-bond donors (Lipinski definition) is 3. The SMILES string of the molecule is C#CCCC1C(=O)C(C)(C)C(O)CC(=O)NC(C(Cl)=Cc2ccccn2)CC2OC2(C)CCCC(C)C1O. The van der Waals surface area contributed by atoms with Crippen LogP contribution >= 0.6 is 11.6 Å². The van der Waals surface area contributed by atoms with Gasteiger partial charge in [-0.2, -0.15) is 0 Å². The second-order valence-electron chi connectivity index (χ2n) is 11.6. The van der Waals surface area contributed by atoms with Crippen LogP contribution < -0.4 is 5.32 Å². The number of nitrogens with zero attached hydrogens (tertiary/aromatic N) is 1. The third-order valence-corrected chi connectivity index (χ3v) is 8.61. The number of carbonyl (C=O) groups excluding carboxylic acids is 2. The van der Waals surface area contributed by atoms with Crippen LogP contribution in [0.1, 0.15) is 78.3 Å². The molecule has 2 aliphatic rings. The Labute approximate surface area is 231 Å². The summed E-state index contributed by atoms with van der Waals surface area (Å²) in [4.78, 5) is 31.1. The largest absolute Gasteiger partial charge is 0.392 e. The molecule has 0 radical (unpaired) electrons. The molecule has 7 unspecified atom stereocenters. The number of amides is 1. The number of ketones is 1. The van der Waals surface area contributed by atoms with Gasteiger partial charge in [-0.15, -0.1) is 12.3 Å². The summed E-state index contributed by atoms with van der Waals surface area (Å²) in [5, 5.41) is 25.6. The minimum absolute atomic E-state index is 0.0989. The first-order chi connectivity index (χ1) is 17.9. The summed E-state index contributed by atoms with van der Waals surface area (Å²) in [6, 6.07) is 4.94. The number of Topliss-reactive ketones (excluding diaryl/α,β-unsaturated/α-hetero) is 1. The number of ether oxygens (including phenoxy) is 1. The second-order valence-corrected chi connectivity index (χ2v) is 12.0. The third kappa shape index (κ3) is 7.45. The predicted molar refractivity (Wildman–Crippen MR) is 148 cm³/mol. The van der Waals surface area contributed by atoms with Crippen LogP contribution in [-0.4, -0.2) is 56.8 Å². The Balaban J connectivity index is 1.89. The van der Waals surface area contributed by atoms with E-state index in [-0.39, 0.29) is 29.8 Å². The molecular weight excluding hydrogens is 504 g/mol. The van der Waals surface area contributed by atoms with E-state index in [0.29, 0.717) is 30.0 Å². The summed E-state index contributed by atoms with van der Waals surface area (Å²) in [5.74, 6) is 0.961. The maximum Gasteiger partial charge on any atom is 0.223 e. The lowest BCUT2D eigenvalue weighted by molar-refractivity contribution is -0.144. The highest BCUT2D eigenvalue weighted by Gasteiger charge is 2.52. The van der Waals surface area contributed by atoms with E-state index in [1.807, 2.05) is 32.0 Å². The van der Waals surface area contributed by atoms with Crippen molar-refractivity contribution in [1.29, 1.82) is 0 Å². The summed E-state index contributed by atoms with van der Waals surface area (Å²) in [6.45, 7) is 7.21. The number of aliphatic hydroxyl groups is 2. The van der Waals surface area contributed by atoms with Gasteiger partial charge in [0.25, 0.3) is 0 Å². The number of halogens is 1. The number of fused-ring (bicyclic) bond motifs is 1. The highest BCUT2D eigenvalue weighted by molar-refractivity contribution is 6.32. The minimum atomic E-state index is -1.27. The molecule has 1 aromatic rings. The first-order valence-electron chi connectivity index (χ1n) is 13.5. The number of epoxide rings is 1. The number of aliphatic hydroxyl groups excluding tert-OH is 2. The van der Waals surface area contributed by atoms with E-state index in [0.717, 1.165) is 19.3 Å². The van der Waals surface area contributed by atoms with Gasteiger partial charge in [0.15, 0.2) is 0 Å². The molecule has 0 bridgehead atoms. The summed E-state index contributed by atoms with van der Waals surface area (Å²) in [6.07, 6.45) is 9.73. The van der Waals surface area contributed by atoms with Gasteiger partial charge in [-0.1, -0.05) is 44.9 Å². The van der Waals surface area contributed by atoms with Gasteiger partial charge in [0.2, 0.25) is 5.91 Å². The maximum atomic E-state index is 13.6. The van der Waals surface area contributed by atoms with Crippen LogP contribution in [0.25, 0.3) is 6.08 Å². The van der Waals surface area contributed by atoms with Gasteiger partial charge < -0.3 is 20.3 Å². The molecule has 2 fully saturated rings. The molecule has 0 aliphatic carbocycles. The number of terminal acetylenes is 1. The Morgan fingerprint density at radius 2 is 2.05 bits per heavy atom. The lowest BCUT2D eigenvalue weighted by Crippen LogP contribution is -2.48. The topological polar surface area (TPSA) is 112 Å². The van der Waals surface area contributed by atoms with Crippen LogP contribution in [0, 0.1) is 29.6 Å². The highest BCUT2D eigenvalue weighted by Crippen LogP contribution is 2.45. The predicted octanol–water partition coefficient (Wildman–Crippen LogP) is 4.25. The van der Waals surface area contributed by atoms with E-state index >= 15 is 0 Å². The number of rotatable bonds is 4. The van der Waals surface area contributed by atoms with Crippen LogP contribution in [0.3, 0.4) is 0 Å². The van der Waals surface area contributed by atoms with E-state index in [4.69, 9.17) is 22.8 Å². The molecule has 0 saturated carbocycles. The van der Waals surface area contributed by atoms with Crippen molar-refractivity contribution < 1.29 is 24.5 Å². The van der Waals surface area contributed by atoms with Crippen molar-refractivity contribution in [3.8, 4) is 12.3 Å². The molecule has 0 spiro atoms. The zero-order chi connectivity index (χ0) is 28.1. The van der Waals surface area contributed by atoms with Crippen molar-refractivity contribution in [2.45, 2.75) is 103 Å². The quantitative estimate of drug-likeness (QED) is 0.386. The van der Waals surface area contributed by atoms with Crippen molar-refractivity contribution in [3.63, 3.8) is 0 Å². The van der Waals surface area contributed by atoms with E-state index in [9.17, 15) is 19.8 Å². The summed E-state index contributed by atoms with van der Waals surface area (Å²) < 4.78 is 6.06. The highest BCUT2D eigenvalue weighted by atomic mass is 35.5. The van der Waals surface area contributed by atoms with Crippen molar-refractivity contribution in [3.05, 3.63) is 35.1 Å². The van der Waals surface area contributed by atoms with E-state index in [2.05, 4.69) is 16.2 Å². The lowest BCUT2D eigenvalue weighted by atomic mass is 9.71. The zero-order valence-corrected chi connectivity index (χ0v) is 23.6. The van der Waals surface area contributed by atoms with Gasteiger partial charge in [0.05, 0.1) is 47.5 Å². The molecule has 0 aromatic carbocycles. The van der Waals surface area contributed by atoms with Crippen LogP contribution in [-0.2, 0) is 14.3 Å². The average Bonchev–Trinajstić information content (AvgIpc) is 3.51. The Morgan fingerprint density at radius 1 is 1.32 bits per heavy atom. The van der Waals surface area contributed by atoms with Gasteiger partial charge in [-0.05, 0) is 50.3 Å². The molecule has 1 aromatic heterocycles. The van der Waals surface area contributed by atoms with Gasteiger partial charge in [0, 0.05) is 30.0 Å². The molecule has 7 nitrogen and oxygen atoms in total. The fourth-order valence-electron chi connectivity index (χ4n) is 5.33. The third-order valence-electron chi connectivity index (χ3n) is 8.24. The van der Waals surface area contributed by atoms with E-state index in [1.165, 1.54) is 0 Å². The Morgan fingerprint density at radius 3 is 2.71 bits per heavy atom. The van der Waals surface area contributed by atoms with Gasteiger partial charge in [0.1, 0.15) is 5.78 Å². The molecule has 3 rings (SSSR count). The molecule has 8 heteroatoms. The molecule has 2 saturated heterocycles. The smallest absolute Gasteiger partial charge is 0.223 e. The summed E-state index contributed by atoms with van der Waals surface area (Å²) >= 11 is 6.70. The fourth-order valence-corrected chi connectivity index (χ4v) is 5.59. The molecular formula is C30H41ClN2O5. The Kier molecular flexibility index (Phi) is 10.2. The normalized spacial score (nSPS) is 35.1. The second kappa shape index (κ2) is 12.7. The van der Waals surface area contributed by atoms with Crippen LogP contribution in [0.5, 0.6) is 0 Å². The van der Waals surface area contributed by atoms with E-state index in [1.54, 1.807) is 26.1 Å². The molecule has 38 heavy (non-hydrogen) atoms. The summed E-state index contributed by atoms with van der Waals surface area (Å²) in [7, 11) is 0. The first-order valence-corrected chi connectivity index (χ1v) is 13.9. The Hall–Kier alpha value is -2.24. The first kappa shape index (κ1) is 30.3. The molecule has 3 heterocycles. The molecule has 208 valence electrons. The standard InChI is InChI=1S/C30H41ClN2O5/c1-6-7-13-21-27(36)19(2)11-10-14-30(5)25(38-30)17-23(22(31)16-20-12-8-9-15-32-20)33-26(35)18-24(34)29(3,4)28(21)37/h1,8-9,12,15-16,19,21,23-25,27,34,36H,7,10-11,13-14,17-18H2,2-5H3,(H,33,35). The number of pyridine rings is 1. The van der Waals surface area contributed by atoms with Crippen molar-refractivity contribution in [2.75, 3.05) is 0 Å². The van der Waals surface area contributed by atoms with Crippen LogP contribution in [0.15, 0.2) is 29.4 Å². The monoisotopic (exact) mass is 544 g/mol. The Bertz CT molecular complexity index is 1050. The summed E-state index contributed by atoms with van der Waals surface area (Å²) in [5.41, 5.74) is -0.960. The molecule has 1 amide bonds. The van der Waals surface area contributed by atoms with Crippen molar-refractivity contribution in [1.82, 2.24) is 10.3 Å². The number of hydrogen-bond acceptors (Lipinski definition) is 6. The van der Waals surface area contributed by atoms with Gasteiger partial charge in [-0.25, -0.2) is 0 Å². The number of carbonyl (C=O) groups is 2. The number of aromatic nitrogens is 1. The molecule has 2 aliphatic heterocycles. The van der Waals surface area contributed by atoms with Gasteiger partial charge in [-0.3, -0.25) is 14.6 Å². The van der Waals surface area contributed by atoms with E-state index < -0.39 is 35.5 Å². The zero-order valence-electron chi connectivity index (χ0n) is 22.8. The molecule has 3 N–H and O–H groups in total. The molecule has 7 atom stereocenters. The average molecular weight is 545 g/mol. The van der Waals surface area contributed by atoms with Gasteiger partial charge >= 0.3 is 0 Å². The maximum absolute atomic E-state index is 13.6. The van der Waals surface area contributed by atoms with Crippen molar-refractivity contribution >= 4 is 29.4 Å². The number of nitrogens with one attached hydrogen (secondary N) is 1. The van der Waals surface area contributed by atoms with Crippen LogP contribution in [0.4, 0.5) is 0 Å². The van der Waals surface area contributed by atoms with Crippen LogP contribution in [0.2, 0.25) is 0 Å².